The van der Waals surface area contributed by atoms with Crippen molar-refractivity contribution in [2.45, 2.75) is 17.2 Å². The molecule has 0 aliphatic carbocycles. The fourth-order valence-corrected chi connectivity index (χ4v) is 5.91. The van der Waals surface area contributed by atoms with E-state index in [1.807, 2.05) is 40.7 Å². The van der Waals surface area contributed by atoms with Gasteiger partial charge >= 0.3 is 0 Å². The molecule has 0 saturated carbocycles. The minimum atomic E-state index is 0.125. The average Bonchev–Trinajstić information content (AvgIpc) is 3.38. The monoisotopic (exact) mass is 449 g/mol. The molecule has 0 bridgehead atoms. The Morgan fingerprint density at radius 2 is 1.96 bits per heavy atom. The first-order chi connectivity index (χ1) is 13.7. The fraction of sp³-hybridized carbons (Fsp3) is 0.300. The van der Waals surface area contributed by atoms with Gasteiger partial charge in [0.15, 0.2) is 0 Å². The van der Waals surface area contributed by atoms with Gasteiger partial charge in [-0.1, -0.05) is 23.7 Å². The maximum Gasteiger partial charge on any atom is 0.255 e. The molecule has 1 aliphatic heterocycles. The van der Waals surface area contributed by atoms with Crippen molar-refractivity contribution in [3.8, 4) is 0 Å². The first kappa shape index (κ1) is 19.9. The van der Waals surface area contributed by atoms with E-state index in [0.717, 1.165) is 59.0 Å². The van der Waals surface area contributed by atoms with Crippen LogP contribution in [0.2, 0.25) is 4.34 Å². The zero-order chi connectivity index (χ0) is 19.3. The SMILES string of the molecule is O=C(c1ccccc1SCc1cscn1)N1CCN(Cc2ccc(Cl)s2)CC1. The first-order valence-electron chi connectivity index (χ1n) is 9.04. The number of piperazine rings is 1. The van der Waals surface area contributed by atoms with Gasteiger partial charge in [0.05, 0.1) is 21.1 Å². The van der Waals surface area contributed by atoms with E-state index in [1.165, 1.54) is 4.88 Å². The molecule has 146 valence electrons. The molecule has 4 rings (SSSR count). The minimum Gasteiger partial charge on any atom is -0.336 e. The van der Waals surface area contributed by atoms with Crippen molar-refractivity contribution in [1.82, 2.24) is 14.8 Å². The zero-order valence-corrected chi connectivity index (χ0v) is 18.4. The lowest BCUT2D eigenvalue weighted by molar-refractivity contribution is 0.0626. The van der Waals surface area contributed by atoms with Gasteiger partial charge in [-0.2, -0.15) is 0 Å². The lowest BCUT2D eigenvalue weighted by Crippen LogP contribution is -2.48. The Morgan fingerprint density at radius 3 is 2.68 bits per heavy atom. The summed E-state index contributed by atoms with van der Waals surface area (Å²) in [5.41, 5.74) is 3.69. The highest BCUT2D eigenvalue weighted by Crippen LogP contribution is 2.28. The maximum atomic E-state index is 13.1. The molecular weight excluding hydrogens is 430 g/mol. The summed E-state index contributed by atoms with van der Waals surface area (Å²) in [5, 5.41) is 2.05. The topological polar surface area (TPSA) is 36.4 Å². The minimum absolute atomic E-state index is 0.125. The molecule has 1 saturated heterocycles. The van der Waals surface area contributed by atoms with Gasteiger partial charge in [0.2, 0.25) is 0 Å². The standard InChI is InChI=1S/C20H20ClN3OS3/c21-19-6-5-16(28-19)11-23-7-9-24(10-8-23)20(25)17-3-1-2-4-18(17)27-13-15-12-26-14-22-15/h1-6,12,14H,7-11,13H2. The first-order valence-corrected chi connectivity index (χ1v) is 12.2. The van der Waals surface area contributed by atoms with Crippen LogP contribution in [0.15, 0.2) is 52.2 Å². The van der Waals surface area contributed by atoms with Crippen molar-refractivity contribution in [3.63, 3.8) is 0 Å². The summed E-state index contributed by atoms with van der Waals surface area (Å²) in [6, 6.07) is 11.9. The molecule has 28 heavy (non-hydrogen) atoms. The van der Waals surface area contributed by atoms with Crippen LogP contribution in [0.5, 0.6) is 0 Å². The van der Waals surface area contributed by atoms with E-state index in [4.69, 9.17) is 11.6 Å². The highest BCUT2D eigenvalue weighted by Gasteiger charge is 2.24. The predicted molar refractivity (Wildman–Crippen MR) is 119 cm³/mol. The quantitative estimate of drug-likeness (QED) is 0.490. The van der Waals surface area contributed by atoms with E-state index in [-0.39, 0.29) is 5.91 Å². The van der Waals surface area contributed by atoms with Crippen LogP contribution in [-0.2, 0) is 12.3 Å². The molecule has 1 aliphatic rings. The second kappa shape index (κ2) is 9.41. The third-order valence-electron chi connectivity index (χ3n) is 4.64. The number of benzene rings is 1. The van der Waals surface area contributed by atoms with E-state index in [0.29, 0.717) is 0 Å². The van der Waals surface area contributed by atoms with Crippen LogP contribution in [0.4, 0.5) is 0 Å². The molecule has 1 fully saturated rings. The van der Waals surface area contributed by atoms with Gasteiger partial charge in [-0.15, -0.1) is 34.4 Å². The molecule has 8 heteroatoms. The number of carbonyl (C=O) groups is 1. The normalized spacial score (nSPS) is 15.1. The molecule has 2 aromatic heterocycles. The predicted octanol–water partition coefficient (Wildman–Crippen LogP) is 5.11. The molecule has 0 atom stereocenters. The molecule has 0 unspecified atom stereocenters. The Labute approximate surface area is 182 Å². The van der Waals surface area contributed by atoms with Crippen LogP contribution < -0.4 is 0 Å². The van der Waals surface area contributed by atoms with E-state index >= 15 is 0 Å². The molecular formula is C20H20ClN3OS3. The van der Waals surface area contributed by atoms with Gasteiger partial charge in [0.1, 0.15) is 0 Å². The summed E-state index contributed by atoms with van der Waals surface area (Å²) in [6.45, 7) is 4.18. The highest BCUT2D eigenvalue weighted by molar-refractivity contribution is 7.98. The molecule has 0 spiro atoms. The zero-order valence-electron chi connectivity index (χ0n) is 15.2. The number of hydrogen-bond donors (Lipinski definition) is 0. The lowest BCUT2D eigenvalue weighted by atomic mass is 10.2. The Hall–Kier alpha value is -1.38. The summed E-state index contributed by atoms with van der Waals surface area (Å²) in [5.74, 6) is 0.908. The third-order valence-corrected chi connectivity index (χ3v) is 7.60. The number of hydrogen-bond acceptors (Lipinski definition) is 6. The number of halogens is 1. The molecule has 1 aromatic carbocycles. The highest BCUT2D eigenvalue weighted by atomic mass is 35.5. The third kappa shape index (κ3) is 4.96. The van der Waals surface area contributed by atoms with Crippen molar-refractivity contribution < 1.29 is 4.79 Å². The molecule has 1 amide bonds. The average molecular weight is 450 g/mol. The number of amides is 1. The Kier molecular flexibility index (Phi) is 6.69. The summed E-state index contributed by atoms with van der Waals surface area (Å²) in [4.78, 5) is 24.1. The Balaban J connectivity index is 1.36. The molecule has 4 nitrogen and oxygen atoms in total. The van der Waals surface area contributed by atoms with E-state index < -0.39 is 0 Å². The van der Waals surface area contributed by atoms with Gasteiger partial charge in [-0.3, -0.25) is 9.69 Å². The summed E-state index contributed by atoms with van der Waals surface area (Å²) < 4.78 is 0.829. The van der Waals surface area contributed by atoms with Crippen molar-refractivity contribution in [3.05, 3.63) is 67.8 Å². The molecule has 3 aromatic rings. The second-order valence-corrected chi connectivity index (χ2v) is 10.1. The fourth-order valence-electron chi connectivity index (χ4n) is 3.17. The van der Waals surface area contributed by atoms with Crippen molar-refractivity contribution in [1.29, 1.82) is 0 Å². The second-order valence-electron chi connectivity index (χ2n) is 6.54. The molecule has 0 N–H and O–H groups in total. The molecule has 3 heterocycles. The van der Waals surface area contributed by atoms with Crippen LogP contribution in [0.1, 0.15) is 20.9 Å². The van der Waals surface area contributed by atoms with Crippen LogP contribution in [-0.4, -0.2) is 46.9 Å². The van der Waals surface area contributed by atoms with Gasteiger partial charge in [-0.05, 0) is 24.3 Å². The lowest BCUT2D eigenvalue weighted by Gasteiger charge is -2.34. The Bertz CT molecular complexity index is 920. The number of thiazole rings is 1. The number of thioether (sulfide) groups is 1. The maximum absolute atomic E-state index is 13.1. The van der Waals surface area contributed by atoms with Crippen LogP contribution in [0.25, 0.3) is 0 Å². The van der Waals surface area contributed by atoms with Gasteiger partial charge in [0.25, 0.3) is 5.91 Å². The summed E-state index contributed by atoms with van der Waals surface area (Å²) in [7, 11) is 0. The van der Waals surface area contributed by atoms with Crippen molar-refractivity contribution in [2.75, 3.05) is 26.2 Å². The van der Waals surface area contributed by atoms with E-state index in [2.05, 4.69) is 21.3 Å². The number of carbonyl (C=O) groups excluding carboxylic acids is 1. The van der Waals surface area contributed by atoms with Crippen LogP contribution >= 0.6 is 46.0 Å². The Morgan fingerprint density at radius 1 is 1.14 bits per heavy atom. The van der Waals surface area contributed by atoms with Crippen molar-refractivity contribution in [2.24, 2.45) is 0 Å². The van der Waals surface area contributed by atoms with Gasteiger partial charge in [0, 0.05) is 53.6 Å². The smallest absolute Gasteiger partial charge is 0.255 e. The number of rotatable bonds is 6. The van der Waals surface area contributed by atoms with E-state index in [9.17, 15) is 4.79 Å². The van der Waals surface area contributed by atoms with Gasteiger partial charge in [-0.25, -0.2) is 4.98 Å². The van der Waals surface area contributed by atoms with Gasteiger partial charge < -0.3 is 4.90 Å². The van der Waals surface area contributed by atoms with Crippen LogP contribution in [0, 0.1) is 0 Å². The number of thiophene rings is 1. The van der Waals surface area contributed by atoms with Crippen molar-refractivity contribution >= 4 is 51.9 Å². The largest absolute Gasteiger partial charge is 0.336 e. The summed E-state index contributed by atoms with van der Waals surface area (Å²) in [6.07, 6.45) is 0. The summed E-state index contributed by atoms with van der Waals surface area (Å²) >= 11 is 10.9. The number of nitrogens with zero attached hydrogens (tertiary/aromatic N) is 3. The molecule has 0 radical (unpaired) electrons. The van der Waals surface area contributed by atoms with Crippen LogP contribution in [0.3, 0.4) is 0 Å². The van der Waals surface area contributed by atoms with E-state index in [1.54, 1.807) is 34.4 Å². The number of aromatic nitrogens is 1.